The molecule has 0 amide bonds. The Kier molecular flexibility index (Phi) is 1.93. The number of nitrogens with zero attached hydrogens (tertiary/aromatic N) is 2. The predicted octanol–water partition coefficient (Wildman–Crippen LogP) is 2.29. The van der Waals surface area contributed by atoms with Gasteiger partial charge in [-0.05, 0) is 17.7 Å². The number of fused-ring (bicyclic) bond motifs is 1. The van der Waals surface area contributed by atoms with Crippen LogP contribution in [0, 0.1) is 11.3 Å². The molecule has 0 aromatic heterocycles. The fourth-order valence-corrected chi connectivity index (χ4v) is 1.32. The van der Waals surface area contributed by atoms with E-state index in [-0.39, 0.29) is 0 Å². The minimum atomic E-state index is 0.650. The van der Waals surface area contributed by atoms with Gasteiger partial charge in [-0.2, -0.15) is 5.26 Å². The van der Waals surface area contributed by atoms with Gasteiger partial charge in [-0.25, -0.2) is 0 Å². The van der Waals surface area contributed by atoms with Gasteiger partial charge < -0.3 is 0 Å². The van der Waals surface area contributed by atoms with Gasteiger partial charge in [-0.15, -0.1) is 0 Å². The third-order valence-corrected chi connectivity index (χ3v) is 2.00. The van der Waals surface area contributed by atoms with Crippen LogP contribution in [0.1, 0.15) is 6.42 Å². The normalized spacial score (nSPS) is 19.2. The van der Waals surface area contributed by atoms with Crippen molar-refractivity contribution in [2.24, 2.45) is 4.99 Å². The Balaban J connectivity index is 2.42. The molecule has 1 aliphatic carbocycles. The first-order valence-electron chi connectivity index (χ1n) is 4.11. The number of hydrogen-bond acceptors (Lipinski definition) is 2. The van der Waals surface area contributed by atoms with E-state index in [1.54, 1.807) is 6.20 Å². The number of hydrogen-bond donors (Lipinski definition) is 0. The van der Waals surface area contributed by atoms with E-state index in [0.29, 0.717) is 6.42 Å². The minimum absolute atomic E-state index is 0.650. The SMILES string of the molecule is N#CC1=CC=C2C=CC=CN=C2C1. The van der Waals surface area contributed by atoms with Gasteiger partial charge >= 0.3 is 0 Å². The van der Waals surface area contributed by atoms with E-state index in [0.717, 1.165) is 16.9 Å². The first kappa shape index (κ1) is 7.75. The standard InChI is InChI=1S/C11H8N2/c12-8-9-4-5-10-3-1-2-6-13-11(10)7-9/h1-6H,7H2. The average Bonchev–Trinajstić information content (AvgIpc) is 2.41. The molecule has 0 saturated heterocycles. The molecule has 1 heterocycles. The topological polar surface area (TPSA) is 36.1 Å². The zero-order valence-electron chi connectivity index (χ0n) is 7.07. The van der Waals surface area contributed by atoms with Crippen molar-refractivity contribution >= 4 is 5.71 Å². The zero-order valence-corrected chi connectivity index (χ0v) is 7.07. The van der Waals surface area contributed by atoms with Crippen LogP contribution in [-0.2, 0) is 0 Å². The fraction of sp³-hybridized carbons (Fsp3) is 0.0909. The van der Waals surface area contributed by atoms with Crippen molar-refractivity contribution in [1.82, 2.24) is 0 Å². The summed E-state index contributed by atoms with van der Waals surface area (Å²) in [6.07, 6.45) is 12.0. The molecule has 0 spiro atoms. The second-order valence-corrected chi connectivity index (χ2v) is 2.88. The lowest BCUT2D eigenvalue weighted by atomic mass is 9.97. The Morgan fingerprint density at radius 1 is 1.31 bits per heavy atom. The van der Waals surface area contributed by atoms with Gasteiger partial charge in [0.05, 0.1) is 11.8 Å². The lowest BCUT2D eigenvalue weighted by Crippen LogP contribution is -2.05. The van der Waals surface area contributed by atoms with E-state index in [4.69, 9.17) is 5.26 Å². The molecule has 0 atom stereocenters. The quantitative estimate of drug-likeness (QED) is 0.546. The van der Waals surface area contributed by atoms with E-state index in [1.165, 1.54) is 0 Å². The molecule has 1 aliphatic heterocycles. The lowest BCUT2D eigenvalue weighted by Gasteiger charge is -2.08. The monoisotopic (exact) mass is 168 g/mol. The highest BCUT2D eigenvalue weighted by Gasteiger charge is 2.11. The maximum absolute atomic E-state index is 8.71. The van der Waals surface area contributed by atoms with Crippen LogP contribution < -0.4 is 0 Å². The first-order chi connectivity index (χ1) is 6.40. The summed E-state index contributed by atoms with van der Waals surface area (Å²) in [7, 11) is 0. The molecule has 0 aromatic rings. The molecule has 13 heavy (non-hydrogen) atoms. The number of nitriles is 1. The minimum Gasteiger partial charge on any atom is -0.260 e. The summed E-state index contributed by atoms with van der Waals surface area (Å²) in [5.74, 6) is 0. The highest BCUT2D eigenvalue weighted by atomic mass is 14.7. The second-order valence-electron chi connectivity index (χ2n) is 2.88. The Bertz CT molecular complexity index is 412. The van der Waals surface area contributed by atoms with Crippen molar-refractivity contribution in [3.05, 3.63) is 47.7 Å². The van der Waals surface area contributed by atoms with Crippen LogP contribution in [-0.4, -0.2) is 5.71 Å². The molecule has 2 aliphatic rings. The van der Waals surface area contributed by atoms with Gasteiger partial charge in [-0.3, -0.25) is 4.99 Å². The summed E-state index contributed by atoms with van der Waals surface area (Å²) in [4.78, 5) is 4.26. The molecule has 0 radical (unpaired) electrons. The van der Waals surface area contributed by atoms with Crippen LogP contribution in [0.25, 0.3) is 0 Å². The summed E-state index contributed by atoms with van der Waals surface area (Å²) < 4.78 is 0. The lowest BCUT2D eigenvalue weighted by molar-refractivity contribution is 1.29. The van der Waals surface area contributed by atoms with Gasteiger partial charge in [0, 0.05) is 18.2 Å². The first-order valence-corrected chi connectivity index (χ1v) is 4.11. The van der Waals surface area contributed by atoms with Crippen LogP contribution in [0.3, 0.4) is 0 Å². The molecule has 2 rings (SSSR count). The number of aliphatic imine (C=N–C) groups is 1. The summed E-state index contributed by atoms with van der Waals surface area (Å²) in [6.45, 7) is 0. The number of allylic oxidation sites excluding steroid dienone is 7. The fourth-order valence-electron chi connectivity index (χ4n) is 1.32. The third kappa shape index (κ3) is 1.50. The summed E-state index contributed by atoms with van der Waals surface area (Å²) >= 11 is 0. The molecule has 0 saturated carbocycles. The molecule has 2 heteroatoms. The van der Waals surface area contributed by atoms with E-state index in [9.17, 15) is 0 Å². The van der Waals surface area contributed by atoms with Crippen LogP contribution in [0.4, 0.5) is 0 Å². The van der Waals surface area contributed by atoms with Crippen molar-refractivity contribution in [1.29, 1.82) is 5.26 Å². The van der Waals surface area contributed by atoms with Crippen molar-refractivity contribution in [3.8, 4) is 6.07 Å². The summed E-state index contributed by atoms with van der Waals surface area (Å²) in [6, 6.07) is 2.14. The Hall–Kier alpha value is -1.88. The van der Waals surface area contributed by atoms with Crippen LogP contribution in [0.15, 0.2) is 52.7 Å². The molecule has 62 valence electrons. The molecule has 2 nitrogen and oxygen atoms in total. The third-order valence-electron chi connectivity index (χ3n) is 2.00. The van der Waals surface area contributed by atoms with E-state index < -0.39 is 0 Å². The highest BCUT2D eigenvalue weighted by molar-refractivity contribution is 6.06. The summed E-state index contributed by atoms with van der Waals surface area (Å²) in [5.41, 5.74) is 2.85. The average molecular weight is 168 g/mol. The van der Waals surface area contributed by atoms with Crippen molar-refractivity contribution in [3.63, 3.8) is 0 Å². The molecule has 0 unspecified atom stereocenters. The maximum atomic E-state index is 8.71. The van der Waals surface area contributed by atoms with E-state index in [1.807, 2.05) is 30.4 Å². The van der Waals surface area contributed by atoms with Crippen molar-refractivity contribution in [2.45, 2.75) is 6.42 Å². The molecule has 0 N–H and O–H groups in total. The molecule has 0 fully saturated rings. The highest BCUT2D eigenvalue weighted by Crippen LogP contribution is 2.18. The zero-order chi connectivity index (χ0) is 9.10. The van der Waals surface area contributed by atoms with Crippen molar-refractivity contribution < 1.29 is 0 Å². The Labute approximate surface area is 76.9 Å². The largest absolute Gasteiger partial charge is 0.260 e. The van der Waals surface area contributed by atoms with Crippen LogP contribution in [0.5, 0.6) is 0 Å². The van der Waals surface area contributed by atoms with Crippen LogP contribution >= 0.6 is 0 Å². The van der Waals surface area contributed by atoms with Gasteiger partial charge in [0.2, 0.25) is 0 Å². The van der Waals surface area contributed by atoms with Gasteiger partial charge in [0.15, 0.2) is 0 Å². The van der Waals surface area contributed by atoms with Gasteiger partial charge in [0.1, 0.15) is 0 Å². The Morgan fingerprint density at radius 3 is 3.08 bits per heavy atom. The molecule has 0 aromatic carbocycles. The van der Waals surface area contributed by atoms with E-state index in [2.05, 4.69) is 11.1 Å². The molecular formula is C11H8N2. The second kappa shape index (κ2) is 3.24. The molecular weight excluding hydrogens is 160 g/mol. The van der Waals surface area contributed by atoms with Crippen molar-refractivity contribution in [2.75, 3.05) is 0 Å². The molecule has 0 bridgehead atoms. The van der Waals surface area contributed by atoms with Gasteiger partial charge in [0.25, 0.3) is 0 Å². The number of rotatable bonds is 0. The summed E-state index contributed by atoms with van der Waals surface area (Å²) in [5, 5.41) is 8.71. The smallest absolute Gasteiger partial charge is 0.0951 e. The van der Waals surface area contributed by atoms with Gasteiger partial charge in [-0.1, -0.05) is 18.2 Å². The predicted molar refractivity (Wildman–Crippen MR) is 52.1 cm³/mol. The maximum Gasteiger partial charge on any atom is 0.0951 e. The Morgan fingerprint density at radius 2 is 2.23 bits per heavy atom. The van der Waals surface area contributed by atoms with Crippen LogP contribution in [0.2, 0.25) is 0 Å². The van der Waals surface area contributed by atoms with E-state index >= 15 is 0 Å².